The van der Waals surface area contributed by atoms with Gasteiger partial charge in [0.2, 0.25) is 0 Å². The molecule has 6 aromatic carbocycles. The van der Waals surface area contributed by atoms with Crippen molar-refractivity contribution in [1.82, 2.24) is 0 Å². The molecule has 0 bridgehead atoms. The number of methoxy groups -OCH3 is 4. The zero-order valence-electron chi connectivity index (χ0n) is 26.8. The SMILES string of the molecule is COc1ccc(P(c2ccc(OC)cc2)c2ccccc2Oc2ccccc2P(c2ccc(OC)cc2)c2ccc(OC)cc2)cc1. The maximum absolute atomic E-state index is 7.00. The van der Waals surface area contributed by atoms with Crippen molar-refractivity contribution in [3.8, 4) is 34.5 Å². The summed E-state index contributed by atoms with van der Waals surface area (Å²) in [7, 11) is 4.80. The summed E-state index contributed by atoms with van der Waals surface area (Å²) in [5, 5.41) is 6.99. The van der Waals surface area contributed by atoms with Crippen LogP contribution in [0.2, 0.25) is 0 Å². The van der Waals surface area contributed by atoms with E-state index in [1.807, 2.05) is 60.7 Å². The topological polar surface area (TPSA) is 46.2 Å². The Kier molecular flexibility index (Phi) is 10.4. The lowest BCUT2D eigenvalue weighted by Gasteiger charge is -2.25. The van der Waals surface area contributed by atoms with Crippen LogP contribution in [-0.2, 0) is 0 Å². The second-order valence-corrected chi connectivity index (χ2v) is 14.9. The summed E-state index contributed by atoms with van der Waals surface area (Å²) in [4.78, 5) is 0. The van der Waals surface area contributed by atoms with E-state index in [9.17, 15) is 0 Å². The molecule has 0 aliphatic carbocycles. The molecule has 5 nitrogen and oxygen atoms in total. The quantitative estimate of drug-likeness (QED) is 0.132. The number of para-hydroxylation sites is 2. The summed E-state index contributed by atoms with van der Waals surface area (Å²) >= 11 is 0. The molecule has 7 heteroatoms. The number of hydrogen-bond donors (Lipinski definition) is 0. The predicted molar refractivity (Wildman–Crippen MR) is 197 cm³/mol. The van der Waals surface area contributed by atoms with Crippen molar-refractivity contribution in [1.29, 1.82) is 0 Å². The smallest absolute Gasteiger partial charge is 0.135 e. The van der Waals surface area contributed by atoms with Crippen LogP contribution >= 0.6 is 15.8 Å². The molecule has 0 heterocycles. The van der Waals surface area contributed by atoms with E-state index in [0.717, 1.165) is 45.1 Å². The van der Waals surface area contributed by atoms with Crippen LogP contribution in [0.3, 0.4) is 0 Å². The highest BCUT2D eigenvalue weighted by Crippen LogP contribution is 2.41. The first-order chi connectivity index (χ1) is 23.1. The lowest BCUT2D eigenvalue weighted by molar-refractivity contribution is 0.415. The molecule has 0 fully saturated rings. The highest BCUT2D eigenvalue weighted by Gasteiger charge is 2.24. The molecule has 0 saturated heterocycles. The number of ether oxygens (including phenoxy) is 5. The molecule has 0 aromatic heterocycles. The molecule has 6 aromatic rings. The van der Waals surface area contributed by atoms with Crippen LogP contribution in [0.4, 0.5) is 0 Å². The summed E-state index contributed by atoms with van der Waals surface area (Å²) in [5.41, 5.74) is 0. The highest BCUT2D eigenvalue weighted by molar-refractivity contribution is 7.80. The Morgan fingerprint density at radius 3 is 0.830 bits per heavy atom. The van der Waals surface area contributed by atoms with Crippen LogP contribution in [0, 0.1) is 0 Å². The van der Waals surface area contributed by atoms with Crippen molar-refractivity contribution < 1.29 is 23.7 Å². The van der Waals surface area contributed by atoms with Crippen LogP contribution in [0.1, 0.15) is 0 Å². The molecule has 0 radical (unpaired) electrons. The fourth-order valence-corrected chi connectivity index (χ4v) is 10.0. The Labute approximate surface area is 279 Å². The van der Waals surface area contributed by atoms with Gasteiger partial charge in [-0.25, -0.2) is 0 Å². The minimum absolute atomic E-state index is 0.817. The van der Waals surface area contributed by atoms with Gasteiger partial charge in [0.25, 0.3) is 0 Å². The van der Waals surface area contributed by atoms with E-state index in [1.165, 1.54) is 21.2 Å². The van der Waals surface area contributed by atoms with Gasteiger partial charge in [0.15, 0.2) is 0 Å². The van der Waals surface area contributed by atoms with Crippen molar-refractivity contribution in [2.45, 2.75) is 0 Å². The molecular formula is C40H36O5P2. The van der Waals surface area contributed by atoms with Gasteiger partial charge in [-0.05, 0) is 97.7 Å². The second-order valence-electron chi connectivity index (χ2n) is 10.5. The standard InChI is InChI=1S/C40H36O5P2/c1-41-29-13-21-33(22-14-29)46(34-23-15-30(42-2)16-24-34)39-11-7-5-9-37(39)45-38-10-6-8-12-40(38)47(35-25-17-31(43-3)18-26-35)36-27-19-32(44-4)20-28-36/h5-28H,1-4H3. The van der Waals surface area contributed by atoms with Gasteiger partial charge in [0.05, 0.1) is 28.4 Å². The van der Waals surface area contributed by atoms with Crippen molar-refractivity contribution in [3.05, 3.63) is 146 Å². The van der Waals surface area contributed by atoms with Gasteiger partial charge >= 0.3 is 0 Å². The Morgan fingerprint density at radius 2 is 0.574 bits per heavy atom. The maximum Gasteiger partial charge on any atom is 0.135 e. The summed E-state index contributed by atoms with van der Waals surface area (Å²) in [6.45, 7) is 0. The third kappa shape index (κ3) is 7.28. The van der Waals surface area contributed by atoms with E-state index in [1.54, 1.807) is 28.4 Å². The first-order valence-electron chi connectivity index (χ1n) is 15.1. The lowest BCUT2D eigenvalue weighted by Crippen LogP contribution is -2.24. The minimum atomic E-state index is -0.980. The first-order valence-corrected chi connectivity index (χ1v) is 17.8. The van der Waals surface area contributed by atoms with Crippen LogP contribution < -0.4 is 55.5 Å². The van der Waals surface area contributed by atoms with E-state index < -0.39 is 15.8 Å². The van der Waals surface area contributed by atoms with Crippen LogP contribution in [0.5, 0.6) is 34.5 Å². The molecule has 236 valence electrons. The van der Waals surface area contributed by atoms with Gasteiger partial charge in [-0.2, -0.15) is 0 Å². The Balaban J connectivity index is 1.46. The third-order valence-corrected chi connectivity index (χ3v) is 12.7. The minimum Gasteiger partial charge on any atom is -0.497 e. The zero-order chi connectivity index (χ0) is 32.6. The molecule has 0 amide bonds. The molecule has 0 N–H and O–H groups in total. The summed E-state index contributed by atoms with van der Waals surface area (Å²) in [6.07, 6.45) is 0. The molecular weight excluding hydrogens is 622 g/mol. The Morgan fingerprint density at radius 1 is 0.319 bits per heavy atom. The van der Waals surface area contributed by atoms with Gasteiger partial charge in [-0.15, -0.1) is 0 Å². The Hall–Kier alpha value is -4.82. The molecule has 0 spiro atoms. The molecule has 6 rings (SSSR count). The zero-order valence-corrected chi connectivity index (χ0v) is 28.6. The number of rotatable bonds is 12. The molecule has 0 saturated carbocycles. The lowest BCUT2D eigenvalue weighted by atomic mass is 10.3. The largest absolute Gasteiger partial charge is 0.497 e. The van der Waals surface area contributed by atoms with Crippen LogP contribution in [-0.4, -0.2) is 28.4 Å². The monoisotopic (exact) mass is 658 g/mol. The predicted octanol–water partition coefficient (Wildman–Crippen LogP) is 7.03. The molecule has 47 heavy (non-hydrogen) atoms. The second kappa shape index (κ2) is 15.2. The van der Waals surface area contributed by atoms with E-state index in [0.29, 0.717) is 0 Å². The van der Waals surface area contributed by atoms with Crippen molar-refractivity contribution in [3.63, 3.8) is 0 Å². The average molecular weight is 659 g/mol. The van der Waals surface area contributed by atoms with Gasteiger partial charge in [0.1, 0.15) is 34.5 Å². The average Bonchev–Trinajstić information content (AvgIpc) is 3.14. The van der Waals surface area contributed by atoms with Crippen LogP contribution in [0.25, 0.3) is 0 Å². The summed E-state index contributed by atoms with van der Waals surface area (Å²) in [5.74, 6) is 4.92. The fraction of sp³-hybridized carbons (Fsp3) is 0.100. The summed E-state index contributed by atoms with van der Waals surface area (Å²) < 4.78 is 28.9. The van der Waals surface area contributed by atoms with Crippen LogP contribution in [0.15, 0.2) is 146 Å². The van der Waals surface area contributed by atoms with E-state index in [4.69, 9.17) is 23.7 Å². The van der Waals surface area contributed by atoms with E-state index >= 15 is 0 Å². The first kappa shape index (κ1) is 32.1. The van der Waals surface area contributed by atoms with Gasteiger partial charge in [-0.1, -0.05) is 84.9 Å². The highest BCUT2D eigenvalue weighted by atomic mass is 31.1. The van der Waals surface area contributed by atoms with Gasteiger partial charge in [-0.3, -0.25) is 0 Å². The van der Waals surface area contributed by atoms with Gasteiger partial charge < -0.3 is 23.7 Å². The van der Waals surface area contributed by atoms with Gasteiger partial charge in [0, 0.05) is 10.6 Å². The van der Waals surface area contributed by atoms with Crippen molar-refractivity contribution in [2.24, 2.45) is 0 Å². The summed E-state index contributed by atoms with van der Waals surface area (Å²) in [6, 6.07) is 50.0. The normalized spacial score (nSPS) is 10.9. The number of hydrogen-bond acceptors (Lipinski definition) is 5. The molecule has 0 aliphatic heterocycles. The molecule has 0 unspecified atom stereocenters. The fourth-order valence-electron chi connectivity index (χ4n) is 5.35. The van der Waals surface area contributed by atoms with Crippen molar-refractivity contribution in [2.75, 3.05) is 28.4 Å². The Bertz CT molecular complexity index is 1660. The molecule has 0 atom stereocenters. The third-order valence-electron chi connectivity index (χ3n) is 7.75. The maximum atomic E-state index is 7.00. The van der Waals surface area contributed by atoms with E-state index in [2.05, 4.69) is 84.9 Å². The molecule has 0 aliphatic rings. The number of benzene rings is 6. The van der Waals surface area contributed by atoms with E-state index in [-0.39, 0.29) is 0 Å². The van der Waals surface area contributed by atoms with Crippen molar-refractivity contribution >= 4 is 47.7 Å².